The number of nitrogens with one attached hydrogen (secondary N) is 1. The van der Waals surface area contributed by atoms with E-state index in [0.717, 1.165) is 22.8 Å². The van der Waals surface area contributed by atoms with Crippen molar-refractivity contribution >= 4 is 64.4 Å². The first-order valence-corrected chi connectivity index (χ1v) is 15.6. The van der Waals surface area contributed by atoms with Gasteiger partial charge in [-0.2, -0.15) is 9.67 Å². The lowest BCUT2D eigenvalue weighted by Crippen LogP contribution is -2.33. The molecule has 8 N–H and O–H groups in total. The number of halogens is 2. The van der Waals surface area contributed by atoms with E-state index >= 15 is 8.78 Å². The third-order valence-corrected chi connectivity index (χ3v) is 9.74. The molecule has 0 spiro atoms. The summed E-state index contributed by atoms with van der Waals surface area (Å²) >= 11 is 6.03. The Morgan fingerprint density at radius 1 is 1.21 bits per heavy atom. The van der Waals surface area contributed by atoms with Crippen molar-refractivity contribution in [3.05, 3.63) is 23.0 Å². The SMILES string of the molecule is Nc1nc2c(ncn2[C@@H]2S[C@H](CO)[C@@H](F)[C@H]2OP(O)(=S)OC[C@H]2O[C@@H](n3nnc4c(N)ncnc43)[C@@H](F)[C@@H]2O)c(=O)[nH]1. The van der Waals surface area contributed by atoms with Crippen LogP contribution in [0.3, 0.4) is 0 Å². The second kappa shape index (κ2) is 11.0. The number of nitrogen functional groups attached to an aromatic ring is 2. The number of anilines is 2. The molecule has 18 nitrogen and oxygen atoms in total. The monoisotopic (exact) mass is 649 g/mol. The predicted molar refractivity (Wildman–Crippen MR) is 145 cm³/mol. The van der Waals surface area contributed by atoms with Crippen molar-refractivity contribution in [2.24, 2.45) is 0 Å². The van der Waals surface area contributed by atoms with E-state index in [1.807, 2.05) is 0 Å². The second-order valence-electron chi connectivity index (χ2n) is 9.27. The number of nitrogens with zero attached hydrogens (tertiary/aromatic N) is 8. The Morgan fingerprint density at radius 2 is 2.00 bits per heavy atom. The van der Waals surface area contributed by atoms with E-state index in [-0.39, 0.29) is 34.1 Å². The maximum atomic E-state index is 15.4. The van der Waals surface area contributed by atoms with Gasteiger partial charge < -0.3 is 35.8 Å². The molecule has 0 aliphatic carbocycles. The number of fused-ring (bicyclic) bond motifs is 2. The van der Waals surface area contributed by atoms with Gasteiger partial charge in [0.25, 0.3) is 5.56 Å². The highest BCUT2D eigenvalue weighted by atomic mass is 32.5. The van der Waals surface area contributed by atoms with Gasteiger partial charge in [-0.05, 0) is 11.8 Å². The van der Waals surface area contributed by atoms with E-state index < -0.39 is 73.0 Å². The van der Waals surface area contributed by atoms with Crippen LogP contribution in [0.2, 0.25) is 0 Å². The van der Waals surface area contributed by atoms with Crippen LogP contribution in [-0.2, 0) is 25.6 Å². The van der Waals surface area contributed by atoms with Gasteiger partial charge in [-0.25, -0.2) is 23.7 Å². The smallest absolute Gasteiger partial charge is 0.325 e. The normalized spacial score (nSPS) is 31.3. The Bertz CT molecular complexity index is 1750. The molecule has 6 heterocycles. The van der Waals surface area contributed by atoms with Gasteiger partial charge in [0.1, 0.15) is 36.2 Å². The molecule has 4 aromatic heterocycles. The third kappa shape index (κ3) is 5.01. The van der Waals surface area contributed by atoms with E-state index in [1.54, 1.807) is 0 Å². The summed E-state index contributed by atoms with van der Waals surface area (Å²) in [6, 6.07) is 0. The number of hydrogen-bond donors (Lipinski definition) is 6. The largest absolute Gasteiger partial charge is 0.395 e. The van der Waals surface area contributed by atoms with Crippen LogP contribution in [0, 0.1) is 0 Å². The Balaban J connectivity index is 1.19. The van der Waals surface area contributed by atoms with Gasteiger partial charge in [0, 0.05) is 0 Å². The Kier molecular flexibility index (Phi) is 7.60. The quantitative estimate of drug-likeness (QED) is 0.121. The zero-order chi connectivity index (χ0) is 29.9. The molecule has 9 atom stereocenters. The molecule has 42 heavy (non-hydrogen) atoms. The van der Waals surface area contributed by atoms with Crippen molar-refractivity contribution in [2.75, 3.05) is 24.7 Å². The molecule has 1 unspecified atom stereocenters. The lowest BCUT2D eigenvalue weighted by molar-refractivity contribution is -0.0511. The first kappa shape index (κ1) is 29.1. The first-order valence-electron chi connectivity index (χ1n) is 12.1. The lowest BCUT2D eigenvalue weighted by atomic mass is 10.1. The Hall–Kier alpha value is -2.95. The van der Waals surface area contributed by atoms with Crippen molar-refractivity contribution in [3.8, 4) is 0 Å². The molecule has 6 rings (SSSR count). The average molecular weight is 650 g/mol. The maximum Gasteiger partial charge on any atom is 0.325 e. The number of aliphatic hydroxyl groups is 2. The average Bonchev–Trinajstić information content (AvgIpc) is 3.69. The highest BCUT2D eigenvalue weighted by molar-refractivity contribution is 8.07. The van der Waals surface area contributed by atoms with E-state index in [9.17, 15) is 19.9 Å². The van der Waals surface area contributed by atoms with Crippen LogP contribution in [0.25, 0.3) is 22.3 Å². The molecular weight excluding hydrogens is 627 g/mol. The highest BCUT2D eigenvalue weighted by Crippen LogP contribution is 2.54. The fourth-order valence-electron chi connectivity index (χ4n) is 4.65. The minimum absolute atomic E-state index is 0.00549. The molecule has 0 aromatic carbocycles. The number of rotatable bonds is 8. The van der Waals surface area contributed by atoms with Crippen molar-refractivity contribution in [2.45, 2.75) is 47.5 Å². The molecule has 2 aliphatic heterocycles. The molecule has 0 saturated carbocycles. The van der Waals surface area contributed by atoms with Crippen molar-refractivity contribution in [1.82, 2.24) is 44.5 Å². The van der Waals surface area contributed by atoms with Crippen LogP contribution in [0.4, 0.5) is 20.5 Å². The topological polar surface area (TPSA) is 260 Å². The van der Waals surface area contributed by atoms with E-state index in [1.165, 1.54) is 10.9 Å². The van der Waals surface area contributed by atoms with Crippen molar-refractivity contribution in [3.63, 3.8) is 0 Å². The zero-order valence-electron chi connectivity index (χ0n) is 20.9. The van der Waals surface area contributed by atoms with Crippen molar-refractivity contribution < 1.29 is 37.7 Å². The number of H-pyrrole nitrogens is 1. The molecule has 2 aliphatic rings. The summed E-state index contributed by atoms with van der Waals surface area (Å²) in [5, 5.41) is 25.8. The number of hydrogen-bond acceptors (Lipinski definition) is 16. The molecule has 0 bridgehead atoms. The molecule has 0 amide bonds. The molecule has 226 valence electrons. The summed E-state index contributed by atoms with van der Waals surface area (Å²) < 4.78 is 49.2. The summed E-state index contributed by atoms with van der Waals surface area (Å²) in [4.78, 5) is 41.2. The van der Waals surface area contributed by atoms with Gasteiger partial charge in [0.15, 0.2) is 40.5 Å². The molecule has 2 saturated heterocycles. The lowest BCUT2D eigenvalue weighted by Gasteiger charge is -2.27. The van der Waals surface area contributed by atoms with Crippen LogP contribution < -0.4 is 17.0 Å². The zero-order valence-corrected chi connectivity index (χ0v) is 23.4. The number of aromatic nitrogens is 9. The van der Waals surface area contributed by atoms with Crippen LogP contribution in [0.5, 0.6) is 0 Å². The summed E-state index contributed by atoms with van der Waals surface area (Å²) in [7, 11) is 0. The summed E-state index contributed by atoms with van der Waals surface area (Å²) in [6.07, 6.45) is -7.65. The number of ether oxygens (including phenoxy) is 1. The fraction of sp³-hybridized carbons (Fsp3) is 0.526. The molecule has 23 heteroatoms. The van der Waals surface area contributed by atoms with Gasteiger partial charge in [-0.1, -0.05) is 5.21 Å². The van der Waals surface area contributed by atoms with Gasteiger partial charge in [0.2, 0.25) is 5.95 Å². The van der Waals surface area contributed by atoms with Gasteiger partial charge in [-0.3, -0.25) is 18.9 Å². The summed E-state index contributed by atoms with van der Waals surface area (Å²) in [5.41, 5.74) is 10.8. The standard InChI is InChI=1S/C19H22F2N11O7PS2/c20-7-6(1-33)42-18(31-4-26-10-15(31)27-19(23)28-16(10)35)12(7)39-40(36,41)37-2-5-11(34)8(21)17(38-5)32-14-9(29-30-32)13(22)24-3-25-14/h3-8,11-12,17-18,33-34H,1-2H2,(H,36,41)(H2,22,24,25)(H3,23,27,28,35)/t5-,6-,7-,8+,11-,12-,17-,18-,40?/m1/s1. The van der Waals surface area contributed by atoms with Crippen LogP contribution in [0.1, 0.15) is 11.6 Å². The molecule has 2 fully saturated rings. The molecule has 4 aromatic rings. The molecular formula is C19H22F2N11O7PS2. The first-order chi connectivity index (χ1) is 20.0. The number of nitrogens with two attached hydrogens (primary N) is 2. The predicted octanol–water partition coefficient (Wildman–Crippen LogP) is -1.32. The van der Waals surface area contributed by atoms with Gasteiger partial charge in [-0.15, -0.1) is 16.9 Å². The third-order valence-electron chi connectivity index (χ3n) is 6.65. The number of alkyl halides is 2. The molecule has 0 radical (unpaired) electrons. The van der Waals surface area contributed by atoms with Gasteiger partial charge in [0.05, 0.1) is 24.8 Å². The van der Waals surface area contributed by atoms with E-state index in [0.29, 0.717) is 0 Å². The van der Waals surface area contributed by atoms with E-state index in [4.69, 9.17) is 37.1 Å². The van der Waals surface area contributed by atoms with Crippen LogP contribution in [0.15, 0.2) is 17.4 Å². The van der Waals surface area contributed by atoms with E-state index in [2.05, 4.69) is 35.2 Å². The Labute approximate surface area is 241 Å². The maximum absolute atomic E-state index is 15.4. The van der Waals surface area contributed by atoms with Crippen molar-refractivity contribution in [1.29, 1.82) is 0 Å². The number of aliphatic hydroxyl groups excluding tert-OH is 2. The summed E-state index contributed by atoms with van der Waals surface area (Å²) in [6.45, 7) is -5.53. The number of imidazole rings is 1. The number of aromatic amines is 1. The Morgan fingerprint density at radius 3 is 2.76 bits per heavy atom. The number of thioether (sulfide) groups is 1. The minimum Gasteiger partial charge on any atom is -0.395 e. The minimum atomic E-state index is -4.29. The second-order valence-corrected chi connectivity index (χ2v) is 13.4. The summed E-state index contributed by atoms with van der Waals surface area (Å²) in [5.74, 6) is -0.207. The van der Waals surface area contributed by atoms with Gasteiger partial charge >= 0.3 is 6.72 Å². The fourth-order valence-corrected chi connectivity index (χ4v) is 7.54. The highest BCUT2D eigenvalue weighted by Gasteiger charge is 2.50. The van der Waals surface area contributed by atoms with Crippen LogP contribution in [-0.4, -0.2) is 109 Å². The van der Waals surface area contributed by atoms with Crippen LogP contribution >= 0.6 is 18.5 Å².